The van der Waals surface area contributed by atoms with E-state index in [1.165, 1.54) is 5.56 Å². The van der Waals surface area contributed by atoms with E-state index in [2.05, 4.69) is 31.2 Å². The van der Waals surface area contributed by atoms with E-state index in [0.717, 1.165) is 32.4 Å². The highest BCUT2D eigenvalue weighted by molar-refractivity contribution is 5.76. The Hall–Kier alpha value is -1.35. The maximum Gasteiger partial charge on any atom is 0.223 e. The average molecular weight is 275 g/mol. The van der Waals surface area contributed by atoms with Crippen LogP contribution in [0.25, 0.3) is 0 Å². The van der Waals surface area contributed by atoms with Gasteiger partial charge in [-0.15, -0.1) is 0 Å². The van der Waals surface area contributed by atoms with Gasteiger partial charge in [0.25, 0.3) is 0 Å². The Kier molecular flexibility index (Phi) is 6.06. The van der Waals surface area contributed by atoms with E-state index in [1.807, 2.05) is 11.0 Å². The van der Waals surface area contributed by atoms with Crippen LogP contribution in [0.4, 0.5) is 0 Å². The van der Waals surface area contributed by atoms with E-state index in [-0.39, 0.29) is 0 Å². The van der Waals surface area contributed by atoms with Gasteiger partial charge < -0.3 is 9.64 Å². The first-order valence-electron chi connectivity index (χ1n) is 7.69. The van der Waals surface area contributed by atoms with Crippen molar-refractivity contribution in [2.45, 2.75) is 32.6 Å². The van der Waals surface area contributed by atoms with Crippen LogP contribution >= 0.6 is 0 Å². The molecule has 0 aliphatic carbocycles. The second-order valence-corrected chi connectivity index (χ2v) is 5.50. The highest BCUT2D eigenvalue weighted by atomic mass is 16.5. The molecule has 0 aromatic heterocycles. The zero-order valence-corrected chi connectivity index (χ0v) is 12.4. The molecule has 1 fully saturated rings. The first-order valence-corrected chi connectivity index (χ1v) is 7.69. The highest BCUT2D eigenvalue weighted by Gasteiger charge is 2.20. The standard InChI is InChI=1S/C17H25NO2/c1-2-15(8-9-16-6-4-3-5-7-16)14-17(19)18-10-12-20-13-11-18/h3-7,15H,2,8-14H2,1H3. The molecule has 3 heteroatoms. The molecule has 110 valence electrons. The molecule has 1 saturated heterocycles. The fraction of sp³-hybridized carbons (Fsp3) is 0.588. The van der Waals surface area contributed by atoms with Gasteiger partial charge in [0, 0.05) is 19.5 Å². The number of morpholine rings is 1. The van der Waals surface area contributed by atoms with Crippen LogP contribution in [0.5, 0.6) is 0 Å². The normalized spacial score (nSPS) is 16.9. The number of hydrogen-bond acceptors (Lipinski definition) is 2. The third-order valence-electron chi connectivity index (χ3n) is 4.09. The van der Waals surface area contributed by atoms with E-state index in [1.54, 1.807) is 0 Å². The predicted octanol–water partition coefficient (Wildman–Crippen LogP) is 2.89. The molecule has 0 saturated carbocycles. The summed E-state index contributed by atoms with van der Waals surface area (Å²) in [5.74, 6) is 0.791. The van der Waals surface area contributed by atoms with Gasteiger partial charge in [-0.2, -0.15) is 0 Å². The van der Waals surface area contributed by atoms with Crippen LogP contribution in [0, 0.1) is 5.92 Å². The van der Waals surface area contributed by atoms with Crippen molar-refractivity contribution in [3.63, 3.8) is 0 Å². The van der Waals surface area contributed by atoms with Crippen LogP contribution in [-0.4, -0.2) is 37.1 Å². The van der Waals surface area contributed by atoms with Crippen molar-refractivity contribution >= 4 is 5.91 Å². The number of carbonyl (C=O) groups is 1. The van der Waals surface area contributed by atoms with Gasteiger partial charge >= 0.3 is 0 Å². The summed E-state index contributed by atoms with van der Waals surface area (Å²) in [6.07, 6.45) is 3.92. The van der Waals surface area contributed by atoms with Gasteiger partial charge in [0.1, 0.15) is 0 Å². The average Bonchev–Trinajstić information content (AvgIpc) is 2.53. The molecule has 3 nitrogen and oxygen atoms in total. The third kappa shape index (κ3) is 4.64. The maximum atomic E-state index is 12.2. The lowest BCUT2D eigenvalue weighted by Gasteiger charge is -2.28. The summed E-state index contributed by atoms with van der Waals surface area (Å²) < 4.78 is 5.29. The van der Waals surface area contributed by atoms with Crippen molar-refractivity contribution in [1.29, 1.82) is 0 Å². The van der Waals surface area contributed by atoms with Gasteiger partial charge in [-0.25, -0.2) is 0 Å². The topological polar surface area (TPSA) is 29.5 Å². The summed E-state index contributed by atoms with van der Waals surface area (Å²) in [5.41, 5.74) is 1.37. The van der Waals surface area contributed by atoms with E-state index in [4.69, 9.17) is 4.74 Å². The minimum absolute atomic E-state index is 0.299. The minimum atomic E-state index is 0.299. The quantitative estimate of drug-likeness (QED) is 0.799. The number of amides is 1. The number of benzene rings is 1. The molecule has 1 aliphatic heterocycles. The number of aryl methyl sites for hydroxylation is 1. The first-order chi connectivity index (χ1) is 9.79. The molecule has 20 heavy (non-hydrogen) atoms. The van der Waals surface area contributed by atoms with E-state index in [9.17, 15) is 4.79 Å². The second kappa shape index (κ2) is 8.05. The molecule has 2 rings (SSSR count). The van der Waals surface area contributed by atoms with Gasteiger partial charge in [-0.1, -0.05) is 43.7 Å². The molecule has 1 amide bonds. The van der Waals surface area contributed by atoms with Gasteiger partial charge in [0.05, 0.1) is 13.2 Å². The maximum absolute atomic E-state index is 12.2. The van der Waals surface area contributed by atoms with Crippen LogP contribution in [0.3, 0.4) is 0 Å². The van der Waals surface area contributed by atoms with Gasteiger partial charge in [0.15, 0.2) is 0 Å². The number of carbonyl (C=O) groups excluding carboxylic acids is 1. The molecule has 1 heterocycles. The Morgan fingerprint density at radius 3 is 2.60 bits per heavy atom. The predicted molar refractivity (Wildman–Crippen MR) is 80.6 cm³/mol. The number of nitrogens with zero attached hydrogens (tertiary/aromatic N) is 1. The van der Waals surface area contributed by atoms with E-state index in [0.29, 0.717) is 31.5 Å². The minimum Gasteiger partial charge on any atom is -0.378 e. The molecule has 0 radical (unpaired) electrons. The van der Waals surface area contributed by atoms with Crippen LogP contribution in [0.2, 0.25) is 0 Å². The zero-order valence-electron chi connectivity index (χ0n) is 12.4. The van der Waals surface area contributed by atoms with Crippen LogP contribution in [0.1, 0.15) is 31.7 Å². The highest BCUT2D eigenvalue weighted by Crippen LogP contribution is 2.18. The monoisotopic (exact) mass is 275 g/mol. The van der Waals surface area contributed by atoms with Crippen LogP contribution in [0.15, 0.2) is 30.3 Å². The second-order valence-electron chi connectivity index (χ2n) is 5.50. The molecule has 1 aromatic rings. The lowest BCUT2D eigenvalue weighted by molar-refractivity contribution is -0.136. The van der Waals surface area contributed by atoms with Crippen molar-refractivity contribution < 1.29 is 9.53 Å². The molecule has 1 aliphatic rings. The fourth-order valence-corrected chi connectivity index (χ4v) is 2.65. The van der Waals surface area contributed by atoms with Gasteiger partial charge in [-0.3, -0.25) is 4.79 Å². The van der Waals surface area contributed by atoms with Crippen molar-refractivity contribution in [2.75, 3.05) is 26.3 Å². The van der Waals surface area contributed by atoms with E-state index < -0.39 is 0 Å². The molecule has 1 aromatic carbocycles. The summed E-state index contributed by atoms with van der Waals surface area (Å²) in [4.78, 5) is 14.2. The van der Waals surface area contributed by atoms with Crippen molar-refractivity contribution in [3.8, 4) is 0 Å². The summed E-state index contributed by atoms with van der Waals surface area (Å²) in [7, 11) is 0. The van der Waals surface area contributed by atoms with Crippen LogP contribution in [-0.2, 0) is 16.0 Å². The van der Waals surface area contributed by atoms with E-state index >= 15 is 0 Å². The van der Waals surface area contributed by atoms with Crippen LogP contribution < -0.4 is 0 Å². The fourth-order valence-electron chi connectivity index (χ4n) is 2.65. The molecule has 0 spiro atoms. The Morgan fingerprint density at radius 2 is 1.95 bits per heavy atom. The summed E-state index contributed by atoms with van der Waals surface area (Å²) >= 11 is 0. The van der Waals surface area contributed by atoms with Gasteiger partial charge in [0.2, 0.25) is 5.91 Å². The van der Waals surface area contributed by atoms with Gasteiger partial charge in [-0.05, 0) is 24.3 Å². The molecule has 1 unspecified atom stereocenters. The number of ether oxygens (including phenoxy) is 1. The summed E-state index contributed by atoms with van der Waals surface area (Å²) in [6.45, 7) is 5.07. The molecular formula is C17H25NO2. The lowest BCUT2D eigenvalue weighted by atomic mass is 9.93. The Labute approximate surface area is 121 Å². The first kappa shape index (κ1) is 15.0. The van der Waals surface area contributed by atoms with Crippen molar-refractivity contribution in [1.82, 2.24) is 4.90 Å². The molecule has 1 atom stereocenters. The number of hydrogen-bond donors (Lipinski definition) is 0. The summed E-state index contributed by atoms with van der Waals surface area (Å²) in [5, 5.41) is 0. The Morgan fingerprint density at radius 1 is 1.25 bits per heavy atom. The molecule has 0 N–H and O–H groups in total. The SMILES string of the molecule is CCC(CCc1ccccc1)CC(=O)N1CCOCC1. The third-order valence-corrected chi connectivity index (χ3v) is 4.09. The number of rotatable bonds is 6. The molecular weight excluding hydrogens is 250 g/mol. The smallest absolute Gasteiger partial charge is 0.223 e. The summed E-state index contributed by atoms with van der Waals surface area (Å²) in [6, 6.07) is 10.5. The Balaban J connectivity index is 1.78. The lowest BCUT2D eigenvalue weighted by Crippen LogP contribution is -2.41. The Bertz CT molecular complexity index is 399. The largest absolute Gasteiger partial charge is 0.378 e. The zero-order chi connectivity index (χ0) is 14.2. The van der Waals surface area contributed by atoms with Crippen molar-refractivity contribution in [3.05, 3.63) is 35.9 Å². The van der Waals surface area contributed by atoms with Crippen molar-refractivity contribution in [2.24, 2.45) is 5.92 Å². The molecule has 0 bridgehead atoms.